The van der Waals surface area contributed by atoms with Gasteiger partial charge in [0.15, 0.2) is 0 Å². The second-order valence-corrected chi connectivity index (χ2v) is 3.47. The van der Waals surface area contributed by atoms with Crippen LogP contribution in [0.15, 0.2) is 18.2 Å². The zero-order valence-corrected chi connectivity index (χ0v) is 8.32. The first-order chi connectivity index (χ1) is 6.50. The Kier molecular flexibility index (Phi) is 3.25. The maximum atomic E-state index is 10.4. The van der Waals surface area contributed by atoms with Crippen molar-refractivity contribution in [2.45, 2.75) is 26.4 Å². The Morgan fingerprint density at radius 3 is 2.57 bits per heavy atom. The standard InChI is InChI=1S/C11H14O3/c1-7-3-4-9(8(2)5-7)10(12)6-11(13)14/h3-5,10,12H,6H2,1-2H3,(H,13,14). The topological polar surface area (TPSA) is 57.5 Å². The third kappa shape index (κ3) is 2.57. The molecule has 1 atom stereocenters. The van der Waals surface area contributed by atoms with Gasteiger partial charge < -0.3 is 10.2 Å². The van der Waals surface area contributed by atoms with Gasteiger partial charge in [-0.15, -0.1) is 0 Å². The number of rotatable bonds is 3. The largest absolute Gasteiger partial charge is 0.481 e. The van der Waals surface area contributed by atoms with Crippen LogP contribution in [0.1, 0.15) is 29.2 Å². The van der Waals surface area contributed by atoms with E-state index >= 15 is 0 Å². The monoisotopic (exact) mass is 194 g/mol. The molecular formula is C11H14O3. The van der Waals surface area contributed by atoms with Crippen LogP contribution in [0.3, 0.4) is 0 Å². The first-order valence-electron chi connectivity index (χ1n) is 4.47. The van der Waals surface area contributed by atoms with Crippen molar-refractivity contribution < 1.29 is 15.0 Å². The fourth-order valence-electron chi connectivity index (χ4n) is 1.47. The molecule has 0 spiro atoms. The molecule has 0 saturated carbocycles. The van der Waals surface area contributed by atoms with Crippen molar-refractivity contribution in [3.8, 4) is 0 Å². The van der Waals surface area contributed by atoms with Crippen LogP contribution in [0.2, 0.25) is 0 Å². The second-order valence-electron chi connectivity index (χ2n) is 3.47. The minimum absolute atomic E-state index is 0.246. The molecule has 76 valence electrons. The molecule has 3 nitrogen and oxygen atoms in total. The summed E-state index contributed by atoms with van der Waals surface area (Å²) in [5, 5.41) is 18.1. The van der Waals surface area contributed by atoms with Gasteiger partial charge in [0, 0.05) is 0 Å². The summed E-state index contributed by atoms with van der Waals surface area (Å²) in [5.41, 5.74) is 2.73. The zero-order chi connectivity index (χ0) is 10.7. The molecule has 0 aromatic heterocycles. The van der Waals surface area contributed by atoms with Gasteiger partial charge in [-0.1, -0.05) is 23.8 Å². The van der Waals surface area contributed by atoms with Crippen molar-refractivity contribution in [3.63, 3.8) is 0 Å². The van der Waals surface area contributed by atoms with Crippen molar-refractivity contribution in [2.75, 3.05) is 0 Å². The zero-order valence-electron chi connectivity index (χ0n) is 8.32. The number of aliphatic carboxylic acids is 1. The minimum Gasteiger partial charge on any atom is -0.481 e. The van der Waals surface area contributed by atoms with E-state index in [1.807, 2.05) is 26.0 Å². The molecule has 1 aromatic carbocycles. The van der Waals surface area contributed by atoms with Gasteiger partial charge in [0.1, 0.15) is 0 Å². The van der Waals surface area contributed by atoms with Crippen LogP contribution in [0, 0.1) is 13.8 Å². The van der Waals surface area contributed by atoms with E-state index in [1.54, 1.807) is 6.07 Å². The second kappa shape index (κ2) is 4.24. The van der Waals surface area contributed by atoms with Crippen molar-refractivity contribution in [1.29, 1.82) is 0 Å². The molecule has 1 aromatic rings. The predicted molar refractivity (Wildman–Crippen MR) is 53.1 cm³/mol. The van der Waals surface area contributed by atoms with Crippen LogP contribution >= 0.6 is 0 Å². The Morgan fingerprint density at radius 2 is 2.07 bits per heavy atom. The molecule has 0 heterocycles. The lowest BCUT2D eigenvalue weighted by molar-refractivity contribution is -0.139. The van der Waals surface area contributed by atoms with E-state index in [9.17, 15) is 9.90 Å². The van der Waals surface area contributed by atoms with E-state index in [1.165, 1.54) is 0 Å². The fraction of sp³-hybridized carbons (Fsp3) is 0.364. The summed E-state index contributed by atoms with van der Waals surface area (Å²) in [7, 11) is 0. The Balaban J connectivity index is 2.90. The molecule has 0 aliphatic carbocycles. The van der Waals surface area contributed by atoms with Gasteiger partial charge in [0.25, 0.3) is 0 Å². The first-order valence-corrected chi connectivity index (χ1v) is 4.47. The van der Waals surface area contributed by atoms with Crippen LogP contribution in [0.5, 0.6) is 0 Å². The van der Waals surface area contributed by atoms with Gasteiger partial charge in [0.05, 0.1) is 12.5 Å². The molecule has 3 heteroatoms. The average molecular weight is 194 g/mol. The van der Waals surface area contributed by atoms with Gasteiger partial charge in [-0.05, 0) is 25.0 Å². The number of hydrogen-bond donors (Lipinski definition) is 2. The SMILES string of the molecule is Cc1ccc(C(O)CC(=O)O)c(C)c1. The lowest BCUT2D eigenvalue weighted by atomic mass is 9.99. The van der Waals surface area contributed by atoms with Crippen molar-refractivity contribution >= 4 is 5.97 Å². The third-order valence-corrected chi connectivity index (χ3v) is 2.15. The molecule has 0 aliphatic rings. The maximum absolute atomic E-state index is 10.4. The number of carboxylic acid groups (broad SMARTS) is 1. The van der Waals surface area contributed by atoms with Crippen LogP contribution in [-0.4, -0.2) is 16.2 Å². The Hall–Kier alpha value is -1.35. The van der Waals surface area contributed by atoms with E-state index in [-0.39, 0.29) is 6.42 Å². The highest BCUT2D eigenvalue weighted by atomic mass is 16.4. The van der Waals surface area contributed by atoms with E-state index in [0.717, 1.165) is 11.1 Å². The molecule has 0 amide bonds. The first kappa shape index (κ1) is 10.7. The Morgan fingerprint density at radius 1 is 1.43 bits per heavy atom. The summed E-state index contributed by atoms with van der Waals surface area (Å²) in [5.74, 6) is -0.988. The highest BCUT2D eigenvalue weighted by Gasteiger charge is 2.13. The molecule has 0 fully saturated rings. The molecule has 1 rings (SSSR count). The van der Waals surface area contributed by atoms with E-state index in [4.69, 9.17) is 5.11 Å². The summed E-state index contributed by atoms with van der Waals surface area (Å²) < 4.78 is 0. The molecule has 0 saturated heterocycles. The van der Waals surface area contributed by atoms with Crippen LogP contribution in [0.25, 0.3) is 0 Å². The van der Waals surface area contributed by atoms with Crippen LogP contribution in [0.4, 0.5) is 0 Å². The summed E-state index contributed by atoms with van der Waals surface area (Å²) in [4.78, 5) is 10.4. The van der Waals surface area contributed by atoms with E-state index in [0.29, 0.717) is 5.56 Å². The summed E-state index contributed by atoms with van der Waals surface area (Å²) in [6.07, 6.45) is -1.16. The Labute approximate surface area is 83.0 Å². The third-order valence-electron chi connectivity index (χ3n) is 2.15. The highest BCUT2D eigenvalue weighted by Crippen LogP contribution is 2.21. The number of carbonyl (C=O) groups is 1. The van der Waals surface area contributed by atoms with Crippen LogP contribution in [-0.2, 0) is 4.79 Å². The molecule has 14 heavy (non-hydrogen) atoms. The summed E-state index contributed by atoms with van der Waals surface area (Å²) in [6.45, 7) is 3.83. The number of benzene rings is 1. The van der Waals surface area contributed by atoms with Gasteiger partial charge >= 0.3 is 5.97 Å². The molecule has 0 aliphatic heterocycles. The highest BCUT2D eigenvalue weighted by molar-refractivity contribution is 5.67. The van der Waals surface area contributed by atoms with E-state index < -0.39 is 12.1 Å². The minimum atomic E-state index is -0.988. The molecule has 0 radical (unpaired) electrons. The van der Waals surface area contributed by atoms with Gasteiger partial charge in [0.2, 0.25) is 0 Å². The van der Waals surface area contributed by atoms with Crippen molar-refractivity contribution in [3.05, 3.63) is 34.9 Å². The normalized spacial score (nSPS) is 12.5. The van der Waals surface area contributed by atoms with E-state index in [2.05, 4.69) is 0 Å². The molecule has 1 unspecified atom stereocenters. The molecular weight excluding hydrogens is 180 g/mol. The summed E-state index contributed by atoms with van der Waals surface area (Å²) >= 11 is 0. The van der Waals surface area contributed by atoms with Gasteiger partial charge in [-0.3, -0.25) is 4.79 Å². The fourth-order valence-corrected chi connectivity index (χ4v) is 1.47. The lowest BCUT2D eigenvalue weighted by Gasteiger charge is -2.11. The average Bonchev–Trinajstić information content (AvgIpc) is 2.01. The molecule has 2 N–H and O–H groups in total. The number of aryl methyl sites for hydroxylation is 2. The Bertz CT molecular complexity index is 344. The lowest BCUT2D eigenvalue weighted by Crippen LogP contribution is -2.06. The quantitative estimate of drug-likeness (QED) is 0.771. The van der Waals surface area contributed by atoms with Crippen molar-refractivity contribution in [1.82, 2.24) is 0 Å². The number of hydrogen-bond acceptors (Lipinski definition) is 2. The smallest absolute Gasteiger partial charge is 0.306 e. The number of carboxylic acids is 1. The number of aliphatic hydroxyl groups excluding tert-OH is 1. The maximum Gasteiger partial charge on any atom is 0.306 e. The van der Waals surface area contributed by atoms with Crippen LogP contribution < -0.4 is 0 Å². The predicted octanol–water partition coefficient (Wildman–Crippen LogP) is 1.81. The van der Waals surface area contributed by atoms with Gasteiger partial charge in [-0.2, -0.15) is 0 Å². The molecule has 0 bridgehead atoms. The van der Waals surface area contributed by atoms with Crippen molar-refractivity contribution in [2.24, 2.45) is 0 Å². The summed E-state index contributed by atoms with van der Waals surface area (Å²) in [6, 6.07) is 5.58. The van der Waals surface area contributed by atoms with Gasteiger partial charge in [-0.25, -0.2) is 0 Å². The number of aliphatic hydroxyl groups is 1.